The molecule has 0 bridgehead atoms. The molecule has 1 rings (SSSR count). The fraction of sp³-hybridized carbons (Fsp3) is 0.500. The van der Waals surface area contributed by atoms with E-state index in [-0.39, 0.29) is 16.9 Å². The van der Waals surface area contributed by atoms with Crippen LogP contribution in [0.15, 0.2) is 30.3 Å². The van der Waals surface area contributed by atoms with E-state index in [1.807, 2.05) is 30.3 Å². The third kappa shape index (κ3) is 6.23. The third-order valence-electron chi connectivity index (χ3n) is 3.29. The summed E-state index contributed by atoms with van der Waals surface area (Å²) in [5, 5.41) is 2.99. The zero-order valence-electron chi connectivity index (χ0n) is 12.7. The van der Waals surface area contributed by atoms with Gasteiger partial charge in [-0.15, -0.1) is 0 Å². The fourth-order valence-corrected chi connectivity index (χ4v) is 2.41. The predicted octanol–water partition coefficient (Wildman–Crippen LogP) is 2.06. The minimum absolute atomic E-state index is 0.000114. The van der Waals surface area contributed by atoms with Crippen molar-refractivity contribution in [3.05, 3.63) is 35.9 Å². The minimum Gasteiger partial charge on any atom is -0.393 e. The lowest BCUT2D eigenvalue weighted by atomic mass is 9.98. The molecule has 0 saturated carbocycles. The Morgan fingerprint density at radius 2 is 2.05 bits per heavy atom. The molecule has 3 N–H and O–H groups in total. The number of carbonyl (C=O) groups is 1. The molecular weight excluding hydrogens is 284 g/mol. The van der Waals surface area contributed by atoms with Crippen LogP contribution in [0.5, 0.6) is 0 Å². The van der Waals surface area contributed by atoms with Gasteiger partial charge in [-0.05, 0) is 18.4 Å². The first-order valence-corrected chi connectivity index (χ1v) is 7.61. The van der Waals surface area contributed by atoms with E-state index in [4.69, 9.17) is 22.7 Å². The molecule has 2 atom stereocenters. The summed E-state index contributed by atoms with van der Waals surface area (Å²) in [6, 6.07) is 9.76. The molecular formula is C16H24N2O2S. The van der Waals surface area contributed by atoms with E-state index in [9.17, 15) is 4.79 Å². The summed E-state index contributed by atoms with van der Waals surface area (Å²) in [5.74, 6) is -0.611. The fourth-order valence-electron chi connectivity index (χ4n) is 2.22. The monoisotopic (exact) mass is 308 g/mol. The molecule has 0 spiro atoms. The zero-order chi connectivity index (χ0) is 15.7. The number of hydrogen-bond acceptors (Lipinski definition) is 3. The second-order valence-corrected chi connectivity index (χ2v) is 5.57. The van der Waals surface area contributed by atoms with E-state index in [0.717, 1.165) is 18.4 Å². The van der Waals surface area contributed by atoms with Gasteiger partial charge in [0, 0.05) is 7.11 Å². The van der Waals surface area contributed by atoms with Crippen molar-refractivity contribution in [2.45, 2.75) is 32.2 Å². The molecule has 2 unspecified atom stereocenters. The van der Waals surface area contributed by atoms with Crippen LogP contribution in [0.4, 0.5) is 0 Å². The van der Waals surface area contributed by atoms with Crippen molar-refractivity contribution >= 4 is 23.1 Å². The Balaban J connectivity index is 2.71. The van der Waals surface area contributed by atoms with Crippen LogP contribution in [0.2, 0.25) is 0 Å². The van der Waals surface area contributed by atoms with Crippen LogP contribution in [-0.2, 0) is 16.0 Å². The van der Waals surface area contributed by atoms with Gasteiger partial charge in [0.15, 0.2) is 0 Å². The highest BCUT2D eigenvalue weighted by Gasteiger charge is 2.24. The molecule has 0 aliphatic carbocycles. The second kappa shape index (κ2) is 9.47. The van der Waals surface area contributed by atoms with Gasteiger partial charge in [-0.2, -0.15) is 0 Å². The average molecular weight is 308 g/mol. The molecule has 21 heavy (non-hydrogen) atoms. The first-order chi connectivity index (χ1) is 10.1. The van der Waals surface area contributed by atoms with Crippen molar-refractivity contribution in [3.63, 3.8) is 0 Å². The number of thiocarbonyl (C=S) groups is 1. The Bertz CT molecular complexity index is 445. The lowest BCUT2D eigenvalue weighted by Crippen LogP contribution is -2.45. The van der Waals surface area contributed by atoms with Crippen molar-refractivity contribution in [2.75, 3.05) is 13.7 Å². The quantitative estimate of drug-likeness (QED) is 0.685. The molecule has 0 heterocycles. The van der Waals surface area contributed by atoms with Crippen molar-refractivity contribution in [1.29, 1.82) is 0 Å². The highest BCUT2D eigenvalue weighted by atomic mass is 32.1. The van der Waals surface area contributed by atoms with E-state index in [1.165, 1.54) is 0 Å². The summed E-state index contributed by atoms with van der Waals surface area (Å²) >= 11 is 5.06. The van der Waals surface area contributed by atoms with Crippen LogP contribution >= 0.6 is 12.2 Å². The summed E-state index contributed by atoms with van der Waals surface area (Å²) in [6.07, 6.45) is 2.37. The maximum absolute atomic E-state index is 12.4. The summed E-state index contributed by atoms with van der Waals surface area (Å²) in [7, 11) is 1.63. The lowest BCUT2D eigenvalue weighted by molar-refractivity contribution is -0.124. The smallest absolute Gasteiger partial charge is 0.230 e. The van der Waals surface area contributed by atoms with E-state index in [2.05, 4.69) is 12.2 Å². The van der Waals surface area contributed by atoms with Crippen LogP contribution in [0, 0.1) is 5.92 Å². The molecule has 1 aromatic rings. The number of rotatable bonds is 9. The lowest BCUT2D eigenvalue weighted by Gasteiger charge is -2.21. The van der Waals surface area contributed by atoms with Crippen LogP contribution in [-0.4, -0.2) is 30.7 Å². The molecule has 0 aromatic heterocycles. The van der Waals surface area contributed by atoms with Gasteiger partial charge in [-0.3, -0.25) is 4.79 Å². The number of methoxy groups -OCH3 is 1. The summed E-state index contributed by atoms with van der Waals surface area (Å²) < 4.78 is 5.14. The van der Waals surface area contributed by atoms with Gasteiger partial charge in [-0.1, -0.05) is 55.9 Å². The Morgan fingerprint density at radius 1 is 1.38 bits per heavy atom. The number of amides is 1. The van der Waals surface area contributed by atoms with E-state index in [1.54, 1.807) is 7.11 Å². The maximum Gasteiger partial charge on any atom is 0.230 e. The number of hydrogen-bond donors (Lipinski definition) is 2. The van der Waals surface area contributed by atoms with Crippen molar-refractivity contribution in [1.82, 2.24) is 5.32 Å². The van der Waals surface area contributed by atoms with E-state index in [0.29, 0.717) is 13.0 Å². The molecule has 116 valence electrons. The van der Waals surface area contributed by atoms with Crippen molar-refractivity contribution < 1.29 is 9.53 Å². The Hall–Kier alpha value is -1.46. The van der Waals surface area contributed by atoms with Crippen molar-refractivity contribution in [2.24, 2.45) is 11.7 Å². The predicted molar refractivity (Wildman–Crippen MR) is 89.1 cm³/mol. The topological polar surface area (TPSA) is 64.3 Å². The molecule has 1 amide bonds. The summed E-state index contributed by atoms with van der Waals surface area (Å²) in [4.78, 5) is 12.6. The van der Waals surface area contributed by atoms with E-state index < -0.39 is 5.92 Å². The first-order valence-electron chi connectivity index (χ1n) is 7.21. The number of benzene rings is 1. The van der Waals surface area contributed by atoms with Gasteiger partial charge in [-0.25, -0.2) is 0 Å². The normalized spacial score (nSPS) is 13.4. The highest BCUT2D eigenvalue weighted by molar-refractivity contribution is 7.80. The Labute approximate surface area is 132 Å². The van der Waals surface area contributed by atoms with E-state index >= 15 is 0 Å². The van der Waals surface area contributed by atoms with Gasteiger partial charge in [0.2, 0.25) is 5.91 Å². The number of nitrogens with two attached hydrogens (primary N) is 1. The SMILES string of the molecule is CCCC(COC)NC(=O)C(Cc1ccccc1)C(N)=S. The van der Waals surface area contributed by atoms with Gasteiger partial charge < -0.3 is 15.8 Å². The van der Waals surface area contributed by atoms with Crippen LogP contribution in [0.3, 0.4) is 0 Å². The molecule has 0 aliphatic heterocycles. The highest BCUT2D eigenvalue weighted by Crippen LogP contribution is 2.11. The average Bonchev–Trinajstić information content (AvgIpc) is 2.46. The minimum atomic E-state index is -0.487. The number of nitrogens with one attached hydrogen (secondary N) is 1. The molecule has 4 nitrogen and oxygen atoms in total. The van der Waals surface area contributed by atoms with Gasteiger partial charge in [0.1, 0.15) is 0 Å². The molecule has 5 heteroatoms. The largest absolute Gasteiger partial charge is 0.393 e. The summed E-state index contributed by atoms with van der Waals surface area (Å²) in [6.45, 7) is 2.57. The molecule has 0 aliphatic rings. The molecule has 0 radical (unpaired) electrons. The number of ether oxygens (including phenoxy) is 1. The van der Waals surface area contributed by atoms with Gasteiger partial charge in [0.25, 0.3) is 0 Å². The van der Waals surface area contributed by atoms with Gasteiger partial charge in [0.05, 0.1) is 23.6 Å². The molecule has 1 aromatic carbocycles. The van der Waals surface area contributed by atoms with Gasteiger partial charge >= 0.3 is 0 Å². The van der Waals surface area contributed by atoms with Crippen LogP contribution in [0.1, 0.15) is 25.3 Å². The second-order valence-electron chi connectivity index (χ2n) is 5.09. The maximum atomic E-state index is 12.4. The van der Waals surface area contributed by atoms with Crippen LogP contribution in [0.25, 0.3) is 0 Å². The Kier molecular flexibility index (Phi) is 7.93. The first kappa shape index (κ1) is 17.6. The zero-order valence-corrected chi connectivity index (χ0v) is 13.5. The molecule has 0 saturated heterocycles. The number of carbonyl (C=O) groups excluding carboxylic acids is 1. The standard InChI is InChI=1S/C16H24N2O2S/c1-3-7-13(11-20-2)18-16(19)14(15(17)21)10-12-8-5-4-6-9-12/h4-6,8-9,13-14H,3,7,10-11H2,1-2H3,(H2,17,21)(H,18,19). The van der Waals surface area contributed by atoms with Crippen LogP contribution < -0.4 is 11.1 Å². The summed E-state index contributed by atoms with van der Waals surface area (Å²) in [5.41, 5.74) is 6.79. The third-order valence-corrected chi connectivity index (χ3v) is 3.58. The Morgan fingerprint density at radius 3 is 2.57 bits per heavy atom. The van der Waals surface area contributed by atoms with Crippen molar-refractivity contribution in [3.8, 4) is 0 Å². The molecule has 0 fully saturated rings.